The van der Waals surface area contributed by atoms with E-state index in [-0.39, 0.29) is 75.8 Å². The molecule has 2 aromatic carbocycles. The second-order valence-corrected chi connectivity index (χ2v) is 5.04. The molecule has 0 bridgehead atoms. The van der Waals surface area contributed by atoms with Crippen molar-refractivity contribution >= 4 is 23.8 Å². The number of hydrogen-bond donors (Lipinski definition) is 2. The molecule has 2 aromatic rings. The number of primary amides is 1. The van der Waals surface area contributed by atoms with Crippen LogP contribution in [0.3, 0.4) is 0 Å². The average molecular weight is 386 g/mol. The van der Waals surface area contributed by atoms with Crippen LogP contribution in [0, 0.1) is 0 Å². The van der Waals surface area contributed by atoms with Gasteiger partial charge in [0.25, 0.3) is 5.91 Å². The molecule has 0 aromatic heterocycles. The number of carboxylic acid groups (broad SMARTS) is 2. The fourth-order valence-electron chi connectivity index (χ4n) is 2.33. The van der Waals surface area contributed by atoms with E-state index in [4.69, 9.17) is 5.73 Å². The smallest absolute Gasteiger partial charge is 0.545 e. The molecule has 8 nitrogen and oxygen atoms in total. The molecule has 0 radical (unpaired) electrons. The summed E-state index contributed by atoms with van der Waals surface area (Å²) in [6, 6.07) is 7.64. The Hall–Kier alpha value is -1.68. The van der Waals surface area contributed by atoms with Gasteiger partial charge in [0.15, 0.2) is 0 Å². The molecule has 10 heteroatoms. The average Bonchev–Trinajstić information content (AvgIpc) is 2.59. The molecule has 0 unspecified atom stereocenters. The fourth-order valence-corrected chi connectivity index (χ4v) is 2.33. The van der Waals surface area contributed by atoms with Crippen molar-refractivity contribution in [3.8, 4) is 11.1 Å². The SMILES string of the molecule is CNC(=O)c1ccc(-c2ccc(C(N)=O)c(C(=O)[O-])c2)cc1C(=O)[O-].[Na+].[Na+]. The molecule has 0 saturated carbocycles. The van der Waals surface area contributed by atoms with Crippen LogP contribution in [0.4, 0.5) is 0 Å². The zero-order chi connectivity index (χ0) is 18.7. The van der Waals surface area contributed by atoms with Gasteiger partial charge in [-0.3, -0.25) is 9.59 Å². The summed E-state index contributed by atoms with van der Waals surface area (Å²) in [4.78, 5) is 45.5. The van der Waals surface area contributed by atoms with Crippen molar-refractivity contribution in [2.75, 3.05) is 7.05 Å². The van der Waals surface area contributed by atoms with E-state index in [9.17, 15) is 29.4 Å². The molecule has 0 atom stereocenters. The van der Waals surface area contributed by atoms with Gasteiger partial charge in [-0.15, -0.1) is 0 Å². The van der Waals surface area contributed by atoms with Crippen LogP contribution in [0.25, 0.3) is 11.1 Å². The molecule has 3 N–H and O–H groups in total. The van der Waals surface area contributed by atoms with E-state index < -0.39 is 29.3 Å². The minimum absolute atomic E-state index is 0. The minimum atomic E-state index is -1.60. The summed E-state index contributed by atoms with van der Waals surface area (Å²) >= 11 is 0. The first-order valence-corrected chi connectivity index (χ1v) is 6.99. The molecule has 2 amide bonds. The first-order valence-electron chi connectivity index (χ1n) is 6.99. The minimum Gasteiger partial charge on any atom is -0.545 e. The van der Waals surface area contributed by atoms with Crippen molar-refractivity contribution in [3.05, 3.63) is 58.7 Å². The third-order valence-corrected chi connectivity index (χ3v) is 3.55. The zero-order valence-corrected chi connectivity index (χ0v) is 19.0. The van der Waals surface area contributed by atoms with Crippen LogP contribution in [0.2, 0.25) is 0 Å². The molecule has 0 saturated heterocycles. The predicted molar refractivity (Wildman–Crippen MR) is 82.4 cm³/mol. The Labute approximate surface area is 198 Å². The van der Waals surface area contributed by atoms with E-state index in [1.165, 1.54) is 37.4 Å². The standard InChI is InChI=1S/C17H14N2O6.2Na/c1-19-15(21)11-5-3-9(7-13(11)17(24)25)8-2-4-10(14(18)20)12(6-8)16(22)23;;/h2-7H,1H3,(H2,18,20)(H,19,21)(H,22,23)(H,24,25);;/q;2*+1/p-2. The molecule has 0 aliphatic rings. The van der Waals surface area contributed by atoms with E-state index >= 15 is 0 Å². The van der Waals surface area contributed by atoms with Gasteiger partial charge in [0.1, 0.15) is 0 Å². The summed E-state index contributed by atoms with van der Waals surface area (Å²) in [6.07, 6.45) is 0. The van der Waals surface area contributed by atoms with Crippen molar-refractivity contribution in [1.82, 2.24) is 5.32 Å². The molecule has 128 valence electrons. The number of amides is 2. The zero-order valence-electron chi connectivity index (χ0n) is 15.0. The maximum absolute atomic E-state index is 11.7. The van der Waals surface area contributed by atoms with Crippen LogP contribution in [0.15, 0.2) is 36.4 Å². The molecule has 0 aliphatic carbocycles. The Morgan fingerprint density at radius 3 is 1.56 bits per heavy atom. The number of rotatable bonds is 5. The largest absolute Gasteiger partial charge is 1.00 e. The normalized spacial score (nSPS) is 9.37. The fraction of sp³-hybridized carbons (Fsp3) is 0.0588. The summed E-state index contributed by atoms with van der Waals surface area (Å²) in [5, 5.41) is 24.8. The number of carbonyl (C=O) groups is 4. The van der Waals surface area contributed by atoms with Crippen molar-refractivity contribution < 1.29 is 88.5 Å². The Bertz CT molecular complexity index is 914. The molecule has 0 aliphatic heterocycles. The Morgan fingerprint density at radius 1 is 0.778 bits per heavy atom. The van der Waals surface area contributed by atoms with Crippen molar-refractivity contribution in [3.63, 3.8) is 0 Å². The van der Waals surface area contributed by atoms with E-state index in [0.29, 0.717) is 11.1 Å². The van der Waals surface area contributed by atoms with E-state index in [0.717, 1.165) is 6.07 Å². The molecule has 0 heterocycles. The number of nitrogens with one attached hydrogen (secondary N) is 1. The predicted octanol–water partition coefficient (Wildman–Crippen LogP) is -7.45. The van der Waals surface area contributed by atoms with Gasteiger partial charge in [0.05, 0.1) is 11.9 Å². The van der Waals surface area contributed by atoms with Crippen LogP contribution in [-0.4, -0.2) is 30.8 Å². The quantitative estimate of drug-likeness (QED) is 0.487. The van der Waals surface area contributed by atoms with Gasteiger partial charge in [-0.05, 0) is 35.4 Å². The van der Waals surface area contributed by atoms with E-state index in [1.807, 2.05) is 0 Å². The summed E-state index contributed by atoms with van der Waals surface area (Å²) in [5.41, 5.74) is 4.62. The summed E-state index contributed by atoms with van der Waals surface area (Å²) in [6.45, 7) is 0. The maximum atomic E-state index is 11.7. The molecule has 0 fully saturated rings. The number of hydrogen-bond acceptors (Lipinski definition) is 6. The molecule has 27 heavy (non-hydrogen) atoms. The molecular formula is C17H12N2Na2O6. The van der Waals surface area contributed by atoms with Crippen LogP contribution in [0.5, 0.6) is 0 Å². The van der Waals surface area contributed by atoms with E-state index in [1.54, 1.807) is 0 Å². The topological polar surface area (TPSA) is 152 Å². The maximum Gasteiger partial charge on any atom is 1.00 e. The Kier molecular flexibility index (Phi) is 9.94. The third-order valence-electron chi connectivity index (χ3n) is 3.55. The first-order chi connectivity index (χ1) is 11.8. The Morgan fingerprint density at radius 2 is 1.19 bits per heavy atom. The summed E-state index contributed by atoms with van der Waals surface area (Å²) in [7, 11) is 1.35. The summed E-state index contributed by atoms with van der Waals surface area (Å²) in [5.74, 6) is -4.70. The second-order valence-electron chi connectivity index (χ2n) is 5.04. The van der Waals surface area contributed by atoms with Gasteiger partial charge in [0.2, 0.25) is 5.91 Å². The number of nitrogens with two attached hydrogens (primary N) is 1. The van der Waals surface area contributed by atoms with Crippen molar-refractivity contribution in [2.45, 2.75) is 0 Å². The van der Waals surface area contributed by atoms with Gasteiger partial charge in [-0.25, -0.2) is 0 Å². The van der Waals surface area contributed by atoms with Gasteiger partial charge < -0.3 is 30.9 Å². The molecular weight excluding hydrogens is 374 g/mol. The Balaban J connectivity index is 0.00000338. The molecule has 2 rings (SSSR count). The number of carboxylic acids is 2. The third kappa shape index (κ3) is 5.65. The monoisotopic (exact) mass is 386 g/mol. The van der Waals surface area contributed by atoms with Crippen molar-refractivity contribution in [1.29, 1.82) is 0 Å². The number of benzene rings is 2. The first kappa shape index (κ1) is 25.3. The van der Waals surface area contributed by atoms with Crippen molar-refractivity contribution in [2.24, 2.45) is 5.73 Å². The van der Waals surface area contributed by atoms with Gasteiger partial charge >= 0.3 is 59.1 Å². The van der Waals surface area contributed by atoms with Gasteiger partial charge in [0, 0.05) is 29.3 Å². The van der Waals surface area contributed by atoms with Crippen LogP contribution in [0.1, 0.15) is 41.4 Å². The number of aromatic carboxylic acids is 2. The van der Waals surface area contributed by atoms with Gasteiger partial charge in [-0.1, -0.05) is 12.1 Å². The van der Waals surface area contributed by atoms with E-state index in [2.05, 4.69) is 5.32 Å². The van der Waals surface area contributed by atoms with Crippen LogP contribution < -0.4 is 80.4 Å². The van der Waals surface area contributed by atoms with Crippen LogP contribution >= 0.6 is 0 Å². The second kappa shape index (κ2) is 10.6. The van der Waals surface area contributed by atoms with Gasteiger partial charge in [-0.2, -0.15) is 0 Å². The molecule has 0 spiro atoms. The number of carbonyl (C=O) groups excluding carboxylic acids is 4. The summed E-state index contributed by atoms with van der Waals surface area (Å²) < 4.78 is 0. The van der Waals surface area contributed by atoms with Crippen LogP contribution in [-0.2, 0) is 0 Å².